The number of amides is 1. The Kier molecular flexibility index (Phi) is 7.23. The van der Waals surface area contributed by atoms with Gasteiger partial charge in [-0.05, 0) is 36.6 Å². The van der Waals surface area contributed by atoms with Gasteiger partial charge in [0.05, 0.1) is 36.2 Å². The maximum atomic E-state index is 12.8. The number of hydrogen-bond donors (Lipinski definition) is 0. The summed E-state index contributed by atoms with van der Waals surface area (Å²) >= 11 is 6.55. The highest BCUT2D eigenvalue weighted by molar-refractivity contribution is 8.26. The number of nitrogens with zero attached hydrogens (tertiary/aromatic N) is 1. The maximum absolute atomic E-state index is 12.8. The third-order valence-electron chi connectivity index (χ3n) is 4.89. The van der Waals surface area contributed by atoms with Crippen LogP contribution in [0.2, 0.25) is 0 Å². The molecule has 6 nitrogen and oxygen atoms in total. The molecule has 2 aliphatic heterocycles. The lowest BCUT2D eigenvalue weighted by Crippen LogP contribution is -2.39. The summed E-state index contributed by atoms with van der Waals surface area (Å²) in [5, 5.41) is 0. The zero-order chi connectivity index (χ0) is 21.0. The van der Waals surface area contributed by atoms with Crippen molar-refractivity contribution in [2.24, 2.45) is 0 Å². The van der Waals surface area contributed by atoms with Crippen molar-refractivity contribution in [3.8, 4) is 11.5 Å². The van der Waals surface area contributed by atoms with Gasteiger partial charge in [0.1, 0.15) is 4.32 Å². The number of carbonyl (C=O) groups excluding carboxylic acids is 1. The lowest BCUT2D eigenvalue weighted by Gasteiger charge is -2.20. The van der Waals surface area contributed by atoms with Gasteiger partial charge in [-0.15, -0.1) is 0 Å². The molecule has 9 heteroatoms. The summed E-state index contributed by atoms with van der Waals surface area (Å²) in [5.41, 5.74) is 0.794. The molecule has 0 radical (unpaired) electrons. The number of ether oxygens (including phenoxy) is 2. The van der Waals surface area contributed by atoms with Crippen molar-refractivity contribution in [2.75, 3.05) is 25.2 Å². The third kappa shape index (κ3) is 5.32. The maximum Gasteiger partial charge on any atom is 0.266 e. The first-order chi connectivity index (χ1) is 13.8. The number of rotatable bonds is 8. The van der Waals surface area contributed by atoms with E-state index >= 15 is 0 Å². The second kappa shape index (κ2) is 9.49. The third-order valence-corrected chi connectivity index (χ3v) is 7.97. The van der Waals surface area contributed by atoms with Crippen molar-refractivity contribution < 1.29 is 22.7 Å². The highest BCUT2D eigenvalue weighted by atomic mass is 32.2. The van der Waals surface area contributed by atoms with E-state index in [-0.39, 0.29) is 23.5 Å². The first-order valence-electron chi connectivity index (χ1n) is 9.63. The number of unbranched alkanes of at least 4 members (excludes halogenated alkanes) is 2. The molecule has 0 N–H and O–H groups in total. The number of hydrogen-bond acceptors (Lipinski definition) is 7. The van der Waals surface area contributed by atoms with Crippen LogP contribution in [0.3, 0.4) is 0 Å². The minimum atomic E-state index is -3.09. The molecule has 0 aromatic heterocycles. The number of benzene rings is 1. The van der Waals surface area contributed by atoms with Crippen LogP contribution in [-0.4, -0.2) is 54.8 Å². The molecular weight excluding hydrogens is 430 g/mol. The summed E-state index contributed by atoms with van der Waals surface area (Å²) in [6, 6.07) is 5.15. The molecule has 3 rings (SSSR count). The standard InChI is InChI=1S/C20H25NO5S3/c1-3-4-5-9-26-16-7-6-14(11-17(16)25-2)12-18-19(22)21(20(27)28-18)15-8-10-29(23,24)13-15/h6-7,11-12,15H,3-5,8-10,13H2,1-2H3/b18-12+. The summed E-state index contributed by atoms with van der Waals surface area (Å²) in [7, 11) is -1.51. The van der Waals surface area contributed by atoms with Gasteiger partial charge in [0.15, 0.2) is 21.3 Å². The van der Waals surface area contributed by atoms with Crippen LogP contribution in [0.5, 0.6) is 11.5 Å². The summed E-state index contributed by atoms with van der Waals surface area (Å²) in [4.78, 5) is 14.8. The highest BCUT2D eigenvalue weighted by Crippen LogP contribution is 2.37. The normalized spacial score (nSPS) is 22.5. The van der Waals surface area contributed by atoms with Crippen molar-refractivity contribution in [3.63, 3.8) is 0 Å². The van der Waals surface area contributed by atoms with Gasteiger partial charge in [-0.3, -0.25) is 9.69 Å². The smallest absolute Gasteiger partial charge is 0.266 e. The zero-order valence-electron chi connectivity index (χ0n) is 16.5. The quantitative estimate of drug-likeness (QED) is 0.336. The largest absolute Gasteiger partial charge is 0.493 e. The zero-order valence-corrected chi connectivity index (χ0v) is 19.0. The lowest BCUT2D eigenvalue weighted by molar-refractivity contribution is -0.123. The molecule has 1 aromatic rings. The van der Waals surface area contributed by atoms with Crippen molar-refractivity contribution in [3.05, 3.63) is 28.7 Å². The summed E-state index contributed by atoms with van der Waals surface area (Å²) in [6.45, 7) is 2.77. The Morgan fingerprint density at radius 3 is 2.76 bits per heavy atom. The van der Waals surface area contributed by atoms with E-state index in [1.807, 2.05) is 18.2 Å². The van der Waals surface area contributed by atoms with Gasteiger partial charge in [-0.25, -0.2) is 8.42 Å². The topological polar surface area (TPSA) is 72.9 Å². The highest BCUT2D eigenvalue weighted by Gasteiger charge is 2.42. The van der Waals surface area contributed by atoms with E-state index in [1.54, 1.807) is 13.2 Å². The van der Waals surface area contributed by atoms with Crippen LogP contribution >= 0.6 is 24.0 Å². The Morgan fingerprint density at radius 2 is 2.10 bits per heavy atom. The van der Waals surface area contributed by atoms with E-state index in [0.29, 0.717) is 33.8 Å². The molecule has 0 aliphatic carbocycles. The van der Waals surface area contributed by atoms with Gasteiger partial charge < -0.3 is 9.47 Å². The van der Waals surface area contributed by atoms with Crippen LogP contribution in [0, 0.1) is 0 Å². The molecular formula is C20H25NO5S3. The van der Waals surface area contributed by atoms with Gasteiger partial charge in [-0.1, -0.05) is 49.8 Å². The molecule has 29 heavy (non-hydrogen) atoms. The van der Waals surface area contributed by atoms with Gasteiger partial charge in [0, 0.05) is 0 Å². The van der Waals surface area contributed by atoms with Crippen LogP contribution in [0.15, 0.2) is 23.1 Å². The SMILES string of the molecule is CCCCCOc1ccc(/C=C2/SC(=S)N(C3CCS(=O)(=O)C3)C2=O)cc1OC. The molecule has 1 aromatic carbocycles. The van der Waals surface area contributed by atoms with Crippen molar-refractivity contribution in [1.29, 1.82) is 0 Å². The molecule has 1 unspecified atom stereocenters. The number of thioether (sulfide) groups is 1. The number of thiocarbonyl (C=S) groups is 1. The van der Waals surface area contributed by atoms with Crippen LogP contribution in [-0.2, 0) is 14.6 Å². The Morgan fingerprint density at radius 1 is 1.31 bits per heavy atom. The second-order valence-corrected chi connectivity index (χ2v) is 11.0. The monoisotopic (exact) mass is 455 g/mol. The second-order valence-electron chi connectivity index (χ2n) is 7.07. The first-order valence-corrected chi connectivity index (χ1v) is 12.7. The van der Waals surface area contributed by atoms with Gasteiger partial charge in [0.25, 0.3) is 5.91 Å². The van der Waals surface area contributed by atoms with Crippen LogP contribution < -0.4 is 9.47 Å². The minimum Gasteiger partial charge on any atom is -0.493 e. The predicted molar refractivity (Wildman–Crippen MR) is 120 cm³/mol. The van der Waals surface area contributed by atoms with Crippen molar-refractivity contribution >= 4 is 50.1 Å². The fraction of sp³-hybridized carbons (Fsp3) is 0.500. The minimum absolute atomic E-state index is 0.0232. The molecule has 0 bridgehead atoms. The molecule has 2 fully saturated rings. The average molecular weight is 456 g/mol. The molecule has 0 spiro atoms. The van der Waals surface area contributed by atoms with Crippen LogP contribution in [0.25, 0.3) is 6.08 Å². The van der Waals surface area contributed by atoms with Gasteiger partial charge in [-0.2, -0.15) is 0 Å². The number of sulfone groups is 1. The Labute approximate surface area is 181 Å². The first kappa shape index (κ1) is 22.1. The predicted octanol–water partition coefficient (Wildman–Crippen LogP) is 3.65. The van der Waals surface area contributed by atoms with Crippen molar-refractivity contribution in [2.45, 2.75) is 38.6 Å². The molecule has 2 heterocycles. The molecule has 158 valence electrons. The van der Waals surface area contributed by atoms with E-state index in [9.17, 15) is 13.2 Å². The van der Waals surface area contributed by atoms with Crippen LogP contribution in [0.4, 0.5) is 0 Å². The molecule has 0 saturated carbocycles. The fourth-order valence-electron chi connectivity index (χ4n) is 3.35. The molecule has 1 amide bonds. The van der Waals surface area contributed by atoms with Crippen LogP contribution in [0.1, 0.15) is 38.2 Å². The summed E-state index contributed by atoms with van der Waals surface area (Å²) < 4.78 is 35.2. The summed E-state index contributed by atoms with van der Waals surface area (Å²) in [6.07, 6.45) is 5.42. The summed E-state index contributed by atoms with van der Waals surface area (Å²) in [5.74, 6) is 1.12. The van der Waals surface area contributed by atoms with E-state index in [0.717, 1.165) is 24.8 Å². The Hall–Kier alpha value is -1.58. The average Bonchev–Trinajstić information content (AvgIpc) is 3.17. The lowest BCUT2D eigenvalue weighted by atomic mass is 10.1. The van der Waals surface area contributed by atoms with Gasteiger partial charge >= 0.3 is 0 Å². The number of carbonyl (C=O) groups is 1. The van der Waals surface area contributed by atoms with E-state index < -0.39 is 9.84 Å². The van der Waals surface area contributed by atoms with E-state index in [1.165, 1.54) is 16.7 Å². The molecule has 2 aliphatic rings. The Balaban J connectivity index is 1.74. The van der Waals surface area contributed by atoms with E-state index in [4.69, 9.17) is 21.7 Å². The van der Waals surface area contributed by atoms with E-state index in [2.05, 4.69) is 6.92 Å². The molecule has 2 saturated heterocycles. The fourth-order valence-corrected chi connectivity index (χ4v) is 6.45. The Bertz CT molecular complexity index is 926. The molecule has 1 atom stereocenters. The number of methoxy groups -OCH3 is 1. The van der Waals surface area contributed by atoms with Crippen molar-refractivity contribution in [1.82, 2.24) is 4.90 Å². The van der Waals surface area contributed by atoms with Gasteiger partial charge in [0.2, 0.25) is 0 Å².